The average molecular weight is 141 g/mol. The molecule has 0 aliphatic carbocycles. The second-order valence-corrected chi connectivity index (χ2v) is 1.92. The van der Waals surface area contributed by atoms with Crippen LogP contribution in [0, 0.1) is 0 Å². The fourth-order valence-corrected chi connectivity index (χ4v) is 0.623. The van der Waals surface area contributed by atoms with E-state index in [1.165, 1.54) is 0 Å². The zero-order valence-electron chi connectivity index (χ0n) is 4.78. The van der Waals surface area contributed by atoms with Gasteiger partial charge in [0.25, 0.3) is 0 Å². The van der Waals surface area contributed by atoms with Crippen molar-refractivity contribution in [1.29, 1.82) is 0 Å². The second-order valence-electron chi connectivity index (χ2n) is 1.61. The molecule has 0 aliphatic rings. The van der Waals surface area contributed by atoms with Gasteiger partial charge < -0.3 is 5.73 Å². The number of nitrogens with zero attached hydrogens (tertiary/aromatic N) is 2. The van der Waals surface area contributed by atoms with E-state index in [4.69, 9.17) is 5.73 Å². The summed E-state index contributed by atoms with van der Waals surface area (Å²) in [6.45, 7) is 0. The molecule has 0 unspecified atom stereocenters. The van der Waals surface area contributed by atoms with Crippen LogP contribution in [0.2, 0.25) is 0 Å². The molecule has 0 spiro atoms. The summed E-state index contributed by atoms with van der Waals surface area (Å²) < 4.78 is 0. The van der Waals surface area contributed by atoms with Gasteiger partial charge >= 0.3 is 0 Å². The molecule has 1 aromatic heterocycles. The van der Waals surface area contributed by atoms with Gasteiger partial charge in [0, 0.05) is 5.75 Å². The van der Waals surface area contributed by atoms with Gasteiger partial charge in [-0.3, -0.25) is 0 Å². The summed E-state index contributed by atoms with van der Waals surface area (Å²) in [5.74, 6) is 1.05. The number of hydrogen-bond acceptors (Lipinski definition) is 4. The van der Waals surface area contributed by atoms with Gasteiger partial charge in [-0.2, -0.15) is 17.7 Å². The second kappa shape index (κ2) is 2.68. The minimum absolute atomic E-state index is 0.445. The minimum Gasteiger partial charge on any atom is -0.382 e. The standard InChI is InChI=1S/C5H7N3S/c6-5-2-1-4(3-9)7-8-5/h1-2,9H,3H2,(H2,6,8). The molecule has 0 saturated carbocycles. The molecule has 0 radical (unpaired) electrons. The Morgan fingerprint density at radius 1 is 1.44 bits per heavy atom. The van der Waals surface area contributed by atoms with Crippen LogP contribution in [-0.4, -0.2) is 10.2 Å². The first-order chi connectivity index (χ1) is 4.33. The SMILES string of the molecule is Nc1ccc(CS)nn1. The lowest BCUT2D eigenvalue weighted by Gasteiger charge is -1.91. The number of thiol groups is 1. The molecule has 0 atom stereocenters. The smallest absolute Gasteiger partial charge is 0.146 e. The lowest BCUT2D eigenvalue weighted by Crippen LogP contribution is -1.94. The van der Waals surface area contributed by atoms with Gasteiger partial charge in [0.05, 0.1) is 5.69 Å². The highest BCUT2D eigenvalue weighted by molar-refractivity contribution is 7.79. The topological polar surface area (TPSA) is 51.8 Å². The van der Waals surface area contributed by atoms with Crippen LogP contribution in [0.4, 0.5) is 5.82 Å². The van der Waals surface area contributed by atoms with E-state index in [0.29, 0.717) is 11.6 Å². The molecular formula is C5H7N3S. The molecule has 0 saturated heterocycles. The average Bonchev–Trinajstić information content (AvgIpc) is 1.90. The lowest BCUT2D eigenvalue weighted by atomic mass is 10.4. The highest BCUT2D eigenvalue weighted by Gasteiger charge is 1.88. The molecule has 0 aromatic carbocycles. The van der Waals surface area contributed by atoms with Crippen LogP contribution in [0.1, 0.15) is 5.69 Å². The molecule has 1 aromatic rings. The summed E-state index contributed by atoms with van der Waals surface area (Å²) in [4.78, 5) is 0. The van der Waals surface area contributed by atoms with E-state index >= 15 is 0 Å². The van der Waals surface area contributed by atoms with Crippen LogP contribution in [0.25, 0.3) is 0 Å². The largest absolute Gasteiger partial charge is 0.382 e. The number of aromatic nitrogens is 2. The third-order valence-electron chi connectivity index (χ3n) is 0.902. The van der Waals surface area contributed by atoms with E-state index in [1.807, 2.05) is 0 Å². The van der Waals surface area contributed by atoms with E-state index in [-0.39, 0.29) is 0 Å². The number of anilines is 1. The van der Waals surface area contributed by atoms with Crippen molar-refractivity contribution >= 4 is 18.4 Å². The van der Waals surface area contributed by atoms with Crippen molar-refractivity contribution in [3.63, 3.8) is 0 Å². The van der Waals surface area contributed by atoms with Crippen LogP contribution < -0.4 is 5.73 Å². The van der Waals surface area contributed by atoms with E-state index < -0.39 is 0 Å². The molecule has 2 N–H and O–H groups in total. The molecular weight excluding hydrogens is 134 g/mol. The molecule has 48 valence electrons. The van der Waals surface area contributed by atoms with Gasteiger partial charge in [0.2, 0.25) is 0 Å². The highest BCUT2D eigenvalue weighted by atomic mass is 32.1. The Labute approximate surface area is 58.7 Å². The van der Waals surface area contributed by atoms with E-state index in [9.17, 15) is 0 Å². The minimum atomic E-state index is 0.445. The first-order valence-corrected chi connectivity index (χ1v) is 3.15. The van der Waals surface area contributed by atoms with Crippen LogP contribution in [-0.2, 0) is 5.75 Å². The maximum Gasteiger partial charge on any atom is 0.146 e. The quantitative estimate of drug-likeness (QED) is 0.559. The maximum absolute atomic E-state index is 5.28. The van der Waals surface area contributed by atoms with Crippen LogP contribution >= 0.6 is 12.6 Å². The molecule has 1 heterocycles. The Kier molecular flexibility index (Phi) is 1.89. The van der Waals surface area contributed by atoms with Crippen molar-refractivity contribution in [2.75, 3.05) is 5.73 Å². The summed E-state index contributed by atoms with van der Waals surface area (Å²) >= 11 is 4.00. The van der Waals surface area contributed by atoms with Crippen molar-refractivity contribution in [2.24, 2.45) is 0 Å². The summed E-state index contributed by atoms with van der Waals surface area (Å²) in [7, 11) is 0. The fraction of sp³-hybridized carbons (Fsp3) is 0.200. The normalized spacial score (nSPS) is 9.44. The molecule has 0 aliphatic heterocycles. The van der Waals surface area contributed by atoms with Gasteiger partial charge in [-0.05, 0) is 12.1 Å². The van der Waals surface area contributed by atoms with Gasteiger partial charge in [0.1, 0.15) is 5.82 Å². The van der Waals surface area contributed by atoms with Crippen LogP contribution in [0.5, 0.6) is 0 Å². The maximum atomic E-state index is 5.28. The molecule has 0 bridgehead atoms. The predicted molar refractivity (Wildman–Crippen MR) is 39.1 cm³/mol. The Morgan fingerprint density at radius 3 is 2.67 bits per heavy atom. The van der Waals surface area contributed by atoms with Crippen molar-refractivity contribution in [3.05, 3.63) is 17.8 Å². The molecule has 3 nitrogen and oxygen atoms in total. The first-order valence-electron chi connectivity index (χ1n) is 2.52. The third-order valence-corrected chi connectivity index (χ3v) is 1.23. The van der Waals surface area contributed by atoms with Gasteiger partial charge in [-0.25, -0.2) is 0 Å². The van der Waals surface area contributed by atoms with Crippen LogP contribution in [0.3, 0.4) is 0 Å². The predicted octanol–water partition coefficient (Wildman–Crippen LogP) is 0.489. The number of nitrogen functional groups attached to an aromatic ring is 1. The first kappa shape index (κ1) is 6.35. The zero-order valence-corrected chi connectivity index (χ0v) is 5.68. The van der Waals surface area contributed by atoms with Crippen molar-refractivity contribution in [1.82, 2.24) is 10.2 Å². The van der Waals surface area contributed by atoms with E-state index in [1.54, 1.807) is 12.1 Å². The van der Waals surface area contributed by atoms with Crippen LogP contribution in [0.15, 0.2) is 12.1 Å². The third kappa shape index (κ3) is 1.57. The highest BCUT2D eigenvalue weighted by Crippen LogP contribution is 1.98. The summed E-state index contributed by atoms with van der Waals surface area (Å²) in [5.41, 5.74) is 6.12. The molecule has 1 rings (SSSR count). The lowest BCUT2D eigenvalue weighted by molar-refractivity contribution is 0.982. The van der Waals surface area contributed by atoms with Gasteiger partial charge in [-0.15, -0.1) is 5.10 Å². The molecule has 9 heavy (non-hydrogen) atoms. The molecule has 4 heteroatoms. The Hall–Kier alpha value is -0.770. The zero-order chi connectivity index (χ0) is 6.69. The number of nitrogens with two attached hydrogens (primary N) is 1. The Morgan fingerprint density at radius 2 is 2.22 bits per heavy atom. The summed E-state index contributed by atoms with van der Waals surface area (Å²) in [6, 6.07) is 3.51. The Balaban J connectivity index is 2.88. The Bertz CT molecular complexity index is 184. The van der Waals surface area contributed by atoms with Gasteiger partial charge in [0.15, 0.2) is 0 Å². The number of hydrogen-bond donors (Lipinski definition) is 2. The van der Waals surface area contributed by atoms with Crippen molar-refractivity contribution in [2.45, 2.75) is 5.75 Å². The van der Waals surface area contributed by atoms with E-state index in [0.717, 1.165) is 5.69 Å². The molecule has 0 amide bonds. The van der Waals surface area contributed by atoms with Crippen molar-refractivity contribution in [3.8, 4) is 0 Å². The van der Waals surface area contributed by atoms with Crippen molar-refractivity contribution < 1.29 is 0 Å². The van der Waals surface area contributed by atoms with Gasteiger partial charge in [-0.1, -0.05) is 0 Å². The monoisotopic (exact) mass is 141 g/mol. The fourth-order valence-electron chi connectivity index (χ4n) is 0.455. The number of rotatable bonds is 1. The molecule has 0 fully saturated rings. The summed E-state index contributed by atoms with van der Waals surface area (Å²) in [6.07, 6.45) is 0. The summed E-state index contributed by atoms with van der Waals surface area (Å²) in [5, 5.41) is 7.37. The van der Waals surface area contributed by atoms with E-state index in [2.05, 4.69) is 22.8 Å².